The largest absolute Gasteiger partial charge is 0.369 e. The van der Waals surface area contributed by atoms with Crippen LogP contribution in [0.2, 0.25) is 0 Å². The van der Waals surface area contributed by atoms with Crippen LogP contribution >= 0.6 is 0 Å². The molecule has 0 aliphatic carbocycles. The summed E-state index contributed by atoms with van der Waals surface area (Å²) in [4.78, 5) is 11.3. The van der Waals surface area contributed by atoms with Crippen molar-refractivity contribution in [3.8, 4) is 22.5 Å². The lowest BCUT2D eigenvalue weighted by Gasteiger charge is -2.26. The predicted octanol–water partition coefficient (Wildman–Crippen LogP) is 3.94. The van der Waals surface area contributed by atoms with E-state index in [0.29, 0.717) is 31.6 Å². The van der Waals surface area contributed by atoms with Crippen LogP contribution in [0.25, 0.3) is 22.5 Å². The first-order chi connectivity index (χ1) is 13.7. The van der Waals surface area contributed by atoms with Gasteiger partial charge in [0, 0.05) is 30.1 Å². The predicted molar refractivity (Wildman–Crippen MR) is 107 cm³/mol. The quantitative estimate of drug-likeness (QED) is 0.662. The van der Waals surface area contributed by atoms with Gasteiger partial charge >= 0.3 is 0 Å². The van der Waals surface area contributed by atoms with E-state index in [1.807, 2.05) is 65.7 Å². The molecule has 4 rings (SSSR count). The number of benzene rings is 2. The van der Waals surface area contributed by atoms with E-state index < -0.39 is 0 Å². The minimum Gasteiger partial charge on any atom is -0.369 e. The Kier molecular flexibility index (Phi) is 5.14. The average molecular weight is 374 g/mol. The van der Waals surface area contributed by atoms with Gasteiger partial charge in [0.25, 0.3) is 0 Å². The second-order valence-electron chi connectivity index (χ2n) is 6.85. The van der Waals surface area contributed by atoms with E-state index in [-0.39, 0.29) is 11.8 Å². The lowest BCUT2D eigenvalue weighted by molar-refractivity contribution is -0.123. The molecule has 0 bridgehead atoms. The summed E-state index contributed by atoms with van der Waals surface area (Å²) in [6.45, 7) is 1.33. The maximum absolute atomic E-state index is 11.3. The number of aromatic nitrogens is 2. The highest BCUT2D eigenvalue weighted by molar-refractivity contribution is 5.84. The molecule has 1 aliphatic rings. The highest BCUT2D eigenvalue weighted by Crippen LogP contribution is 2.37. The zero-order chi connectivity index (χ0) is 19.3. The van der Waals surface area contributed by atoms with Crippen molar-refractivity contribution in [1.82, 2.24) is 15.2 Å². The van der Waals surface area contributed by atoms with E-state index in [2.05, 4.69) is 20.5 Å². The van der Waals surface area contributed by atoms with E-state index in [4.69, 9.17) is 5.73 Å². The van der Waals surface area contributed by atoms with Crippen LogP contribution in [0, 0.1) is 5.92 Å². The molecule has 1 fully saturated rings. The monoisotopic (exact) mass is 374 g/mol. The van der Waals surface area contributed by atoms with Crippen LogP contribution in [0.3, 0.4) is 0 Å². The van der Waals surface area contributed by atoms with Crippen LogP contribution in [0.5, 0.6) is 0 Å². The Balaban J connectivity index is 1.65. The van der Waals surface area contributed by atoms with Gasteiger partial charge in [0.05, 0.1) is 5.69 Å². The van der Waals surface area contributed by atoms with Crippen LogP contribution in [0.1, 0.15) is 12.8 Å². The highest BCUT2D eigenvalue weighted by Gasteiger charge is 2.23. The van der Waals surface area contributed by atoms with Crippen molar-refractivity contribution in [2.45, 2.75) is 12.8 Å². The molecule has 1 saturated heterocycles. The molecular formula is C21H22N6O. The van der Waals surface area contributed by atoms with Crippen LogP contribution in [-0.4, -0.2) is 34.2 Å². The Morgan fingerprint density at radius 1 is 1.00 bits per heavy atom. The summed E-state index contributed by atoms with van der Waals surface area (Å²) >= 11 is 0. The van der Waals surface area contributed by atoms with Crippen LogP contribution in [-0.2, 0) is 4.79 Å². The van der Waals surface area contributed by atoms with Crippen LogP contribution in [0.15, 0.2) is 71.0 Å². The van der Waals surface area contributed by atoms with Gasteiger partial charge in [-0.05, 0) is 12.8 Å². The first-order valence-electron chi connectivity index (χ1n) is 9.37. The van der Waals surface area contributed by atoms with Crippen LogP contribution in [0.4, 0.5) is 5.69 Å². The second-order valence-corrected chi connectivity index (χ2v) is 6.85. The van der Waals surface area contributed by atoms with Gasteiger partial charge in [-0.25, -0.2) is 0 Å². The third kappa shape index (κ3) is 3.78. The van der Waals surface area contributed by atoms with Gasteiger partial charge in [-0.15, -0.1) is 5.11 Å². The van der Waals surface area contributed by atoms with Crippen LogP contribution < -0.4 is 5.73 Å². The second kappa shape index (κ2) is 8.04. The SMILES string of the molecule is NC(=O)C1CCN(N=Nc2c(-c3ccccc3)n[nH]c2-c2ccccc2)CC1. The van der Waals surface area contributed by atoms with Gasteiger partial charge in [0.15, 0.2) is 0 Å². The van der Waals surface area contributed by atoms with Crippen molar-refractivity contribution in [1.29, 1.82) is 0 Å². The molecule has 0 saturated carbocycles. The molecule has 3 N–H and O–H groups in total. The lowest BCUT2D eigenvalue weighted by Crippen LogP contribution is -2.35. The van der Waals surface area contributed by atoms with Gasteiger partial charge in [-0.1, -0.05) is 65.9 Å². The van der Waals surface area contributed by atoms with Gasteiger partial charge in [-0.3, -0.25) is 14.9 Å². The van der Waals surface area contributed by atoms with E-state index in [9.17, 15) is 4.79 Å². The molecule has 0 unspecified atom stereocenters. The summed E-state index contributed by atoms with van der Waals surface area (Å²) in [7, 11) is 0. The number of nitrogens with one attached hydrogen (secondary N) is 1. The first-order valence-corrected chi connectivity index (χ1v) is 9.37. The number of primary amides is 1. The number of hydrogen-bond donors (Lipinski definition) is 2. The number of H-pyrrole nitrogens is 1. The minimum atomic E-state index is -0.232. The molecule has 2 aromatic carbocycles. The number of hydrogen-bond acceptors (Lipinski definition) is 4. The van der Waals surface area contributed by atoms with Gasteiger partial charge in [0.2, 0.25) is 5.91 Å². The van der Waals surface area contributed by atoms with Gasteiger partial charge < -0.3 is 5.73 Å². The molecule has 142 valence electrons. The fourth-order valence-electron chi connectivity index (χ4n) is 3.38. The topological polar surface area (TPSA) is 99.7 Å². The molecular weight excluding hydrogens is 352 g/mol. The number of aromatic amines is 1. The number of piperidine rings is 1. The van der Waals surface area contributed by atoms with E-state index in [0.717, 1.165) is 22.5 Å². The number of carbonyl (C=O) groups excluding carboxylic acids is 1. The summed E-state index contributed by atoms with van der Waals surface area (Å²) in [5, 5.41) is 18.5. The number of carbonyl (C=O) groups is 1. The number of nitrogens with two attached hydrogens (primary N) is 1. The van der Waals surface area contributed by atoms with Crippen molar-refractivity contribution in [3.05, 3.63) is 60.7 Å². The third-order valence-electron chi connectivity index (χ3n) is 5.00. The molecule has 0 atom stereocenters. The Morgan fingerprint density at radius 2 is 1.61 bits per heavy atom. The summed E-state index contributed by atoms with van der Waals surface area (Å²) < 4.78 is 0. The van der Waals surface area contributed by atoms with Crippen molar-refractivity contribution in [2.75, 3.05) is 13.1 Å². The zero-order valence-corrected chi connectivity index (χ0v) is 15.5. The number of nitrogens with zero attached hydrogens (tertiary/aromatic N) is 4. The smallest absolute Gasteiger partial charge is 0.220 e. The summed E-state index contributed by atoms with van der Waals surface area (Å²) in [5.74, 6) is -0.302. The van der Waals surface area contributed by atoms with Gasteiger partial charge in [0.1, 0.15) is 11.4 Å². The highest BCUT2D eigenvalue weighted by atomic mass is 16.1. The van der Waals surface area contributed by atoms with E-state index >= 15 is 0 Å². The molecule has 3 aromatic rings. The van der Waals surface area contributed by atoms with Gasteiger partial charge in [-0.2, -0.15) is 5.10 Å². The third-order valence-corrected chi connectivity index (χ3v) is 5.00. The van der Waals surface area contributed by atoms with Crippen molar-refractivity contribution < 1.29 is 4.79 Å². The normalized spacial score (nSPS) is 15.2. The molecule has 0 spiro atoms. The summed E-state index contributed by atoms with van der Waals surface area (Å²) in [5.41, 5.74) is 9.67. The van der Waals surface area contributed by atoms with E-state index in [1.54, 1.807) is 0 Å². The fraction of sp³-hybridized carbons (Fsp3) is 0.238. The summed E-state index contributed by atoms with van der Waals surface area (Å²) in [6, 6.07) is 19.9. The first kappa shape index (κ1) is 17.9. The Bertz CT molecular complexity index is 902. The van der Waals surface area contributed by atoms with Crippen molar-refractivity contribution >= 4 is 11.6 Å². The maximum Gasteiger partial charge on any atom is 0.220 e. The zero-order valence-electron chi connectivity index (χ0n) is 15.5. The van der Waals surface area contributed by atoms with Crippen molar-refractivity contribution in [3.63, 3.8) is 0 Å². The number of amides is 1. The molecule has 1 amide bonds. The molecule has 1 aliphatic heterocycles. The Morgan fingerprint density at radius 3 is 2.21 bits per heavy atom. The molecule has 7 nitrogen and oxygen atoms in total. The standard InChI is InChI=1S/C21H22N6O/c22-21(28)17-11-13-27(14-12-17)26-25-20-18(15-7-3-1-4-8-15)23-24-19(20)16-9-5-2-6-10-16/h1-10,17H,11-14H2,(H2,22,28)(H,23,24). The molecule has 28 heavy (non-hydrogen) atoms. The lowest BCUT2D eigenvalue weighted by atomic mass is 9.97. The van der Waals surface area contributed by atoms with Crippen molar-refractivity contribution in [2.24, 2.45) is 22.0 Å². The number of rotatable bonds is 5. The molecule has 0 radical (unpaired) electrons. The molecule has 2 heterocycles. The minimum absolute atomic E-state index is 0.0693. The summed E-state index contributed by atoms with van der Waals surface area (Å²) in [6.07, 6.45) is 1.41. The fourth-order valence-corrected chi connectivity index (χ4v) is 3.38. The Labute approximate surface area is 163 Å². The maximum atomic E-state index is 11.3. The Hall–Kier alpha value is -3.48. The van der Waals surface area contributed by atoms with E-state index in [1.165, 1.54) is 0 Å². The molecule has 1 aromatic heterocycles. The average Bonchev–Trinajstić information content (AvgIpc) is 3.17. The molecule has 7 heteroatoms.